The highest BCUT2D eigenvalue weighted by Crippen LogP contribution is 2.38. The summed E-state index contributed by atoms with van der Waals surface area (Å²) in [5, 5.41) is 5.94. The maximum atomic E-state index is 6.44. The van der Waals surface area contributed by atoms with Crippen molar-refractivity contribution in [2.45, 2.75) is 44.2 Å². The van der Waals surface area contributed by atoms with Gasteiger partial charge >= 0.3 is 0 Å². The molecule has 0 bridgehead atoms. The van der Waals surface area contributed by atoms with Crippen LogP contribution >= 0.6 is 0 Å². The molecule has 0 radical (unpaired) electrons. The average Bonchev–Trinajstić information content (AvgIpc) is 3.74. The number of nitrogens with zero attached hydrogens (tertiary/aromatic N) is 6. The number of aromatic amines is 1. The minimum absolute atomic E-state index is 0.266. The lowest BCUT2D eigenvalue weighted by atomic mass is 9.90. The van der Waals surface area contributed by atoms with Crippen LogP contribution in [0.25, 0.3) is 33.3 Å². The summed E-state index contributed by atoms with van der Waals surface area (Å²) in [6.45, 7) is 4.00. The molecule has 3 N–H and O–H groups in total. The Hall–Kier alpha value is -4.22. The van der Waals surface area contributed by atoms with Gasteiger partial charge in [-0.25, -0.2) is 19.6 Å². The second kappa shape index (κ2) is 10.0. The van der Waals surface area contributed by atoms with E-state index in [1.807, 2.05) is 24.3 Å². The first kappa shape index (κ1) is 24.6. The zero-order chi connectivity index (χ0) is 27.3. The van der Waals surface area contributed by atoms with E-state index in [9.17, 15) is 0 Å². The fraction of sp³-hybridized carbons (Fsp3) is 0.400. The van der Waals surface area contributed by atoms with E-state index < -0.39 is 0 Å². The van der Waals surface area contributed by atoms with Gasteiger partial charge in [0.1, 0.15) is 23.7 Å². The normalized spacial score (nSPS) is 21.2. The van der Waals surface area contributed by atoms with Crippen molar-refractivity contribution < 1.29 is 14.2 Å². The molecule has 0 spiro atoms. The van der Waals surface area contributed by atoms with Gasteiger partial charge in [-0.3, -0.25) is 4.90 Å². The molecule has 2 aliphatic heterocycles. The van der Waals surface area contributed by atoms with Gasteiger partial charge in [-0.1, -0.05) is 12.1 Å². The molecule has 0 amide bonds. The van der Waals surface area contributed by atoms with Gasteiger partial charge in [0.25, 0.3) is 0 Å². The summed E-state index contributed by atoms with van der Waals surface area (Å²) >= 11 is 0. The fourth-order valence-corrected chi connectivity index (χ4v) is 6.60. The van der Waals surface area contributed by atoms with Crippen LogP contribution in [0.3, 0.4) is 0 Å². The van der Waals surface area contributed by atoms with Gasteiger partial charge in [0.2, 0.25) is 6.79 Å². The van der Waals surface area contributed by atoms with E-state index in [-0.39, 0.29) is 12.8 Å². The summed E-state index contributed by atoms with van der Waals surface area (Å²) in [5.41, 5.74) is 12.0. The van der Waals surface area contributed by atoms with Crippen LogP contribution in [0.2, 0.25) is 0 Å². The Bertz CT molecular complexity index is 1730. The number of benzene rings is 2. The number of rotatable bonds is 5. The number of anilines is 1. The van der Waals surface area contributed by atoms with Crippen molar-refractivity contribution in [1.82, 2.24) is 34.6 Å². The highest BCUT2D eigenvalue weighted by atomic mass is 16.7. The molecule has 1 saturated carbocycles. The molecule has 210 valence electrons. The van der Waals surface area contributed by atoms with E-state index in [1.54, 1.807) is 6.33 Å². The van der Waals surface area contributed by atoms with Crippen molar-refractivity contribution in [1.29, 1.82) is 0 Å². The predicted molar refractivity (Wildman–Crippen MR) is 154 cm³/mol. The number of ether oxygens (including phenoxy) is 3. The maximum Gasteiger partial charge on any atom is 0.231 e. The van der Waals surface area contributed by atoms with E-state index in [0.717, 1.165) is 108 Å². The highest BCUT2D eigenvalue weighted by molar-refractivity contribution is 5.99. The largest absolute Gasteiger partial charge is 0.454 e. The zero-order valence-electron chi connectivity index (χ0n) is 22.8. The molecule has 0 atom stereocenters. The average molecular weight is 553 g/mol. The van der Waals surface area contributed by atoms with Crippen LogP contribution in [-0.4, -0.2) is 73.8 Å². The number of H-pyrrole nitrogens is 1. The Kier molecular flexibility index (Phi) is 5.99. The van der Waals surface area contributed by atoms with Gasteiger partial charge in [0, 0.05) is 31.1 Å². The van der Waals surface area contributed by atoms with Crippen LogP contribution in [0.5, 0.6) is 11.5 Å². The van der Waals surface area contributed by atoms with Crippen molar-refractivity contribution in [2.75, 3.05) is 38.8 Å². The number of nitrogen functional groups attached to an aromatic ring is 1. The zero-order valence-corrected chi connectivity index (χ0v) is 22.8. The first-order chi connectivity index (χ1) is 20.2. The fourth-order valence-electron chi connectivity index (χ4n) is 6.60. The number of imidazole rings is 1. The van der Waals surface area contributed by atoms with E-state index in [2.05, 4.69) is 36.7 Å². The molecule has 41 heavy (non-hydrogen) atoms. The topological polar surface area (TPSA) is 129 Å². The molecule has 3 aliphatic rings. The summed E-state index contributed by atoms with van der Waals surface area (Å²) in [6.07, 6.45) is 6.61. The minimum Gasteiger partial charge on any atom is -0.454 e. The third-order valence-electron chi connectivity index (χ3n) is 8.71. The molecular formula is C30H32N8O3. The number of nitrogens with one attached hydrogen (secondary N) is 1. The Morgan fingerprint density at radius 1 is 0.927 bits per heavy atom. The molecular weight excluding hydrogens is 520 g/mol. The van der Waals surface area contributed by atoms with Crippen LogP contribution in [-0.2, 0) is 11.2 Å². The summed E-state index contributed by atoms with van der Waals surface area (Å²) in [5.74, 6) is 2.89. The number of nitrogens with two attached hydrogens (primary N) is 1. The molecule has 11 nitrogen and oxygen atoms in total. The van der Waals surface area contributed by atoms with E-state index in [1.165, 1.54) is 0 Å². The number of hydrogen-bond donors (Lipinski definition) is 2. The number of hydrogen-bond acceptors (Lipinski definition) is 9. The molecule has 3 aromatic heterocycles. The van der Waals surface area contributed by atoms with Crippen molar-refractivity contribution >= 4 is 27.9 Å². The molecule has 1 saturated heterocycles. The Morgan fingerprint density at radius 2 is 1.76 bits per heavy atom. The minimum atomic E-state index is 0.266. The van der Waals surface area contributed by atoms with Crippen molar-refractivity contribution in [3.8, 4) is 22.8 Å². The number of morpholine rings is 1. The van der Waals surface area contributed by atoms with Crippen molar-refractivity contribution in [2.24, 2.45) is 0 Å². The molecule has 1 aliphatic carbocycles. The number of fused-ring (bicyclic) bond motifs is 3. The standard InChI is InChI=1S/C30H32N8O3/c31-29-27-28(36-38(30(27)33-16-32-29)21-5-3-20(4-6-21)37-9-11-39-12-10-37)19-2-7-22-23(15-19)35-26(34-22)14-18-1-8-24-25(13-18)41-17-40-24/h1-2,7-8,13,15-16,20-21H,3-6,9-12,14,17H2,(H,34,35)(H2,31,32,33). The SMILES string of the molecule is Nc1ncnc2c1c(-c1ccc3nc(Cc4ccc5c(c4)OCO5)[nH]c3c1)nn2C1CCC(N2CCOCC2)CC1. The lowest BCUT2D eigenvalue weighted by Gasteiger charge is -2.38. The van der Waals surface area contributed by atoms with Gasteiger partial charge in [0.05, 0.1) is 35.7 Å². The lowest BCUT2D eigenvalue weighted by Crippen LogP contribution is -2.45. The molecule has 5 aromatic rings. The van der Waals surface area contributed by atoms with Gasteiger partial charge < -0.3 is 24.9 Å². The van der Waals surface area contributed by atoms with Crippen molar-refractivity contribution in [3.63, 3.8) is 0 Å². The van der Waals surface area contributed by atoms with Crippen molar-refractivity contribution in [3.05, 3.63) is 54.1 Å². The monoisotopic (exact) mass is 552 g/mol. The van der Waals surface area contributed by atoms with Gasteiger partial charge in [0.15, 0.2) is 17.1 Å². The third-order valence-corrected chi connectivity index (χ3v) is 8.71. The van der Waals surface area contributed by atoms with Gasteiger partial charge in [-0.05, 0) is 55.5 Å². The quantitative estimate of drug-likeness (QED) is 0.331. The van der Waals surface area contributed by atoms with Crippen LogP contribution in [0, 0.1) is 0 Å². The summed E-state index contributed by atoms with van der Waals surface area (Å²) in [7, 11) is 0. The van der Waals surface area contributed by atoms with Gasteiger partial charge in [-0.2, -0.15) is 5.10 Å². The summed E-state index contributed by atoms with van der Waals surface area (Å²) in [4.78, 5) is 19.9. The van der Waals surface area contributed by atoms with E-state index in [0.29, 0.717) is 18.3 Å². The Morgan fingerprint density at radius 3 is 2.63 bits per heavy atom. The maximum absolute atomic E-state index is 6.44. The van der Waals surface area contributed by atoms with Gasteiger partial charge in [-0.15, -0.1) is 0 Å². The summed E-state index contributed by atoms with van der Waals surface area (Å²) in [6, 6.07) is 13.1. The molecule has 5 heterocycles. The first-order valence-corrected chi connectivity index (χ1v) is 14.4. The molecule has 8 rings (SSSR count). The Balaban J connectivity index is 1.08. The lowest BCUT2D eigenvalue weighted by molar-refractivity contribution is 0.00520. The van der Waals surface area contributed by atoms with Crippen LogP contribution in [0.1, 0.15) is 43.1 Å². The smallest absolute Gasteiger partial charge is 0.231 e. The second-order valence-electron chi connectivity index (χ2n) is 11.1. The molecule has 0 unspecified atom stereocenters. The predicted octanol–water partition coefficient (Wildman–Crippen LogP) is 4.09. The van der Waals surface area contributed by atoms with Crippen LogP contribution in [0.15, 0.2) is 42.7 Å². The van der Waals surface area contributed by atoms with Crippen LogP contribution < -0.4 is 15.2 Å². The summed E-state index contributed by atoms with van der Waals surface area (Å²) < 4.78 is 18.6. The van der Waals surface area contributed by atoms with E-state index >= 15 is 0 Å². The Labute approximate surface area is 236 Å². The number of aromatic nitrogens is 6. The third kappa shape index (κ3) is 4.45. The molecule has 2 aromatic carbocycles. The highest BCUT2D eigenvalue weighted by Gasteiger charge is 2.30. The van der Waals surface area contributed by atoms with Crippen LogP contribution in [0.4, 0.5) is 5.82 Å². The molecule has 2 fully saturated rings. The van der Waals surface area contributed by atoms with E-state index in [4.69, 9.17) is 30.0 Å². The second-order valence-corrected chi connectivity index (χ2v) is 11.1. The first-order valence-electron chi connectivity index (χ1n) is 14.4. The molecule has 11 heteroatoms.